The lowest BCUT2D eigenvalue weighted by Crippen LogP contribution is -2.51. The molecular weight excluding hydrogens is 612 g/mol. The third kappa shape index (κ3) is 9.44. The summed E-state index contributed by atoms with van der Waals surface area (Å²) < 4.78 is 28.1. The molecule has 2 amide bonds. The highest BCUT2D eigenvalue weighted by Gasteiger charge is 2.40. The van der Waals surface area contributed by atoms with Crippen LogP contribution < -0.4 is 25.9 Å². The molecule has 0 saturated carbocycles. The van der Waals surface area contributed by atoms with Gasteiger partial charge in [0.1, 0.15) is 23.6 Å². The van der Waals surface area contributed by atoms with Gasteiger partial charge >= 0.3 is 6.03 Å². The number of nitrogens with one attached hydrogen (secondary N) is 2. The molecule has 2 N–H and O–H groups in total. The Morgan fingerprint density at radius 2 is 2.02 bits per heavy atom. The van der Waals surface area contributed by atoms with E-state index in [2.05, 4.69) is 43.8 Å². The van der Waals surface area contributed by atoms with E-state index in [0.717, 1.165) is 39.3 Å². The summed E-state index contributed by atoms with van der Waals surface area (Å²) in [6.07, 6.45) is 10.2. The van der Waals surface area contributed by atoms with Crippen LogP contribution >= 0.6 is 11.6 Å². The standard InChI is InChI=1S/C33H43ClN6O6/c1-7-26(37-32(41)38-30-17-23(4)46-39-30)25(34)16-22(3)45-31-24(5)27(35-21-36-31)18-29(28(8-2)42-6)44-15-9-12-40-13-10-33(11-14-40)19-43-20-33/h7,16-18,21H,3,5,8-15,19-20H2,1-2,4,6H3,(H2,37,38,39,41). The lowest BCUT2D eigenvalue weighted by Gasteiger charge is -2.47. The molecule has 4 heterocycles. The zero-order valence-corrected chi connectivity index (χ0v) is 27.7. The van der Waals surface area contributed by atoms with Crippen LogP contribution in [0.1, 0.15) is 45.3 Å². The number of halogens is 1. The maximum absolute atomic E-state index is 12.4. The van der Waals surface area contributed by atoms with Crippen molar-refractivity contribution < 1.29 is 28.3 Å². The van der Waals surface area contributed by atoms with E-state index in [0.29, 0.717) is 52.0 Å². The number of methoxy groups -OCH3 is 1. The normalized spacial score (nSPS) is 17.6. The third-order valence-corrected chi connectivity index (χ3v) is 8.15. The van der Waals surface area contributed by atoms with Crippen LogP contribution in [0, 0.1) is 12.3 Å². The van der Waals surface area contributed by atoms with Crippen LogP contribution in [0.15, 0.2) is 63.7 Å². The molecule has 2 aliphatic heterocycles. The molecular formula is C33H43ClN6O6. The Morgan fingerprint density at radius 1 is 1.26 bits per heavy atom. The molecule has 0 bridgehead atoms. The fourth-order valence-electron chi connectivity index (χ4n) is 5.11. The number of ether oxygens (including phenoxy) is 4. The third-order valence-electron chi connectivity index (χ3n) is 7.84. The highest BCUT2D eigenvalue weighted by molar-refractivity contribution is 6.32. The maximum atomic E-state index is 12.4. The van der Waals surface area contributed by atoms with E-state index in [9.17, 15) is 4.79 Å². The SMILES string of the molecule is C=C(C=C(Cl)C(=CC)NC(=O)Nc1cc(C)on1)Oc1ncnc(=CC(OCCCN2CCC3(CC2)COC3)=C(CC)OC)c1=C. The average Bonchev–Trinajstić information content (AvgIpc) is 3.43. The van der Waals surface area contributed by atoms with Crippen molar-refractivity contribution in [2.24, 2.45) is 5.41 Å². The van der Waals surface area contributed by atoms with E-state index in [1.165, 1.54) is 25.2 Å². The summed E-state index contributed by atoms with van der Waals surface area (Å²) in [7, 11) is 1.62. The lowest BCUT2D eigenvalue weighted by molar-refractivity contribution is -0.139. The first-order valence-corrected chi connectivity index (χ1v) is 15.7. The molecule has 0 unspecified atom stereocenters. The first-order valence-electron chi connectivity index (χ1n) is 15.3. The number of carbonyl (C=O) groups is 1. The Balaban J connectivity index is 1.37. The van der Waals surface area contributed by atoms with Gasteiger partial charge in [0.25, 0.3) is 0 Å². The Morgan fingerprint density at radius 3 is 2.63 bits per heavy atom. The number of aromatic nitrogens is 3. The number of amides is 2. The molecule has 2 saturated heterocycles. The summed E-state index contributed by atoms with van der Waals surface area (Å²) in [6.45, 7) is 19.0. The van der Waals surface area contributed by atoms with E-state index < -0.39 is 6.03 Å². The second kappa shape index (κ2) is 16.4. The highest BCUT2D eigenvalue weighted by atomic mass is 35.5. The van der Waals surface area contributed by atoms with E-state index in [1.807, 2.05) is 6.92 Å². The summed E-state index contributed by atoms with van der Waals surface area (Å²) in [5.74, 6) is 2.46. The van der Waals surface area contributed by atoms with Crippen molar-refractivity contribution >= 4 is 36.1 Å². The van der Waals surface area contributed by atoms with Gasteiger partial charge in [-0.05, 0) is 46.2 Å². The van der Waals surface area contributed by atoms with Crippen LogP contribution in [0.25, 0.3) is 12.7 Å². The van der Waals surface area contributed by atoms with E-state index >= 15 is 0 Å². The molecule has 0 radical (unpaired) electrons. The van der Waals surface area contributed by atoms with Crippen LogP contribution in [0.5, 0.6) is 5.88 Å². The largest absolute Gasteiger partial charge is 0.497 e. The predicted octanol–water partition coefficient (Wildman–Crippen LogP) is 4.49. The second-order valence-electron chi connectivity index (χ2n) is 11.2. The topological polar surface area (TPSA) is 133 Å². The fraction of sp³-hybridized carbons (Fsp3) is 0.455. The van der Waals surface area contributed by atoms with Crippen molar-refractivity contribution in [2.45, 2.75) is 46.5 Å². The molecule has 248 valence electrons. The van der Waals surface area contributed by atoms with Crippen molar-refractivity contribution in [1.82, 2.24) is 25.3 Å². The average molecular weight is 655 g/mol. The molecule has 2 aliphatic rings. The maximum Gasteiger partial charge on any atom is 0.324 e. The molecule has 2 aromatic heterocycles. The van der Waals surface area contributed by atoms with Crippen molar-refractivity contribution in [3.05, 3.63) is 75.5 Å². The van der Waals surface area contributed by atoms with Crippen molar-refractivity contribution in [3.63, 3.8) is 0 Å². The molecule has 46 heavy (non-hydrogen) atoms. The Kier molecular flexibility index (Phi) is 12.4. The van der Waals surface area contributed by atoms with Gasteiger partial charge in [0, 0.05) is 36.6 Å². The Bertz CT molecular complexity index is 1580. The molecule has 12 nitrogen and oxygen atoms in total. The van der Waals surface area contributed by atoms with Gasteiger partial charge in [-0.25, -0.2) is 14.8 Å². The van der Waals surface area contributed by atoms with Gasteiger partial charge in [-0.15, -0.1) is 0 Å². The van der Waals surface area contributed by atoms with Gasteiger partial charge in [0.05, 0.1) is 48.2 Å². The van der Waals surface area contributed by atoms with Crippen molar-refractivity contribution in [2.75, 3.05) is 51.9 Å². The number of nitrogens with zero attached hydrogens (tertiary/aromatic N) is 4. The van der Waals surface area contributed by atoms with E-state index in [-0.39, 0.29) is 22.5 Å². The summed E-state index contributed by atoms with van der Waals surface area (Å²) >= 11 is 6.47. The fourth-order valence-corrected chi connectivity index (χ4v) is 5.38. The quantitative estimate of drug-likeness (QED) is 0.171. The van der Waals surface area contributed by atoms with Gasteiger partial charge in [-0.2, -0.15) is 0 Å². The van der Waals surface area contributed by atoms with Gasteiger partial charge in [0.2, 0.25) is 5.88 Å². The van der Waals surface area contributed by atoms with E-state index in [1.54, 1.807) is 39.2 Å². The zero-order chi connectivity index (χ0) is 33.1. The number of likely N-dealkylation sites (tertiary alicyclic amines) is 1. The summed E-state index contributed by atoms with van der Waals surface area (Å²) in [5, 5.41) is 10.1. The minimum atomic E-state index is -0.548. The monoisotopic (exact) mass is 654 g/mol. The number of carbonyl (C=O) groups excluding carboxylic acids is 1. The summed E-state index contributed by atoms with van der Waals surface area (Å²) in [6, 6.07) is 1.04. The van der Waals surface area contributed by atoms with Crippen LogP contribution in [0.4, 0.5) is 10.6 Å². The van der Waals surface area contributed by atoms with Gasteiger partial charge in [0.15, 0.2) is 11.6 Å². The second-order valence-corrected chi connectivity index (χ2v) is 11.6. The smallest absolute Gasteiger partial charge is 0.324 e. The zero-order valence-electron chi connectivity index (χ0n) is 27.0. The van der Waals surface area contributed by atoms with Gasteiger partial charge in [-0.3, -0.25) is 5.32 Å². The molecule has 0 aliphatic carbocycles. The molecule has 2 aromatic rings. The number of piperidine rings is 1. The van der Waals surface area contributed by atoms with Gasteiger partial charge < -0.3 is 33.7 Å². The Hall–Kier alpha value is -4.13. The number of hydrogen-bond donors (Lipinski definition) is 2. The number of rotatable bonds is 14. The summed E-state index contributed by atoms with van der Waals surface area (Å²) in [5.41, 5.74) is 0.753. The van der Waals surface area contributed by atoms with Crippen LogP contribution in [0.2, 0.25) is 0 Å². The molecule has 2 fully saturated rings. The first kappa shape index (κ1) is 34.7. The van der Waals surface area contributed by atoms with E-state index in [4.69, 9.17) is 35.1 Å². The number of anilines is 1. The van der Waals surface area contributed by atoms with Crippen molar-refractivity contribution in [3.8, 4) is 5.88 Å². The minimum absolute atomic E-state index is 0.167. The van der Waals surface area contributed by atoms with Crippen LogP contribution in [-0.4, -0.2) is 72.6 Å². The number of allylic oxidation sites excluding steroid dienone is 5. The Labute approximate surface area is 274 Å². The molecule has 1 spiro atoms. The predicted molar refractivity (Wildman–Crippen MR) is 176 cm³/mol. The van der Waals surface area contributed by atoms with Gasteiger partial charge in [-0.1, -0.05) is 42.9 Å². The molecule has 4 rings (SSSR count). The summed E-state index contributed by atoms with van der Waals surface area (Å²) in [4.78, 5) is 23.5. The molecule has 0 atom stereocenters. The van der Waals surface area contributed by atoms with Crippen LogP contribution in [-0.2, 0) is 14.2 Å². The first-order chi connectivity index (χ1) is 22.1. The highest BCUT2D eigenvalue weighted by Crippen LogP contribution is 2.38. The molecule has 0 aromatic carbocycles. The van der Waals surface area contributed by atoms with Crippen LogP contribution in [0.3, 0.4) is 0 Å². The number of aryl methyl sites for hydroxylation is 1. The number of hydrogen-bond acceptors (Lipinski definition) is 10. The lowest BCUT2D eigenvalue weighted by atomic mass is 9.77. The molecule has 13 heteroatoms. The van der Waals surface area contributed by atoms with Crippen molar-refractivity contribution in [1.29, 1.82) is 0 Å². The minimum Gasteiger partial charge on any atom is -0.497 e. The number of urea groups is 1.